The lowest BCUT2D eigenvalue weighted by Gasteiger charge is -2.23. The van der Waals surface area contributed by atoms with E-state index in [-0.39, 0.29) is 18.0 Å². The third-order valence-corrected chi connectivity index (χ3v) is 2.47. The minimum atomic E-state index is -0.0247. The Hall–Kier alpha value is -0.570. The van der Waals surface area contributed by atoms with E-state index >= 15 is 0 Å². The summed E-state index contributed by atoms with van der Waals surface area (Å²) < 4.78 is 5.17. The van der Waals surface area contributed by atoms with Crippen LogP contribution < -0.4 is 5.73 Å². The van der Waals surface area contributed by atoms with Crippen LogP contribution in [0.3, 0.4) is 0 Å². The van der Waals surface area contributed by atoms with Crippen molar-refractivity contribution >= 4 is 5.97 Å². The third-order valence-electron chi connectivity index (χ3n) is 2.47. The average molecular weight is 186 g/mol. The number of hydrogen-bond acceptors (Lipinski definition) is 2. The van der Waals surface area contributed by atoms with Crippen molar-refractivity contribution in [3.8, 4) is 0 Å². The lowest BCUT2D eigenvalue weighted by molar-refractivity contribution is -0.427. The van der Waals surface area contributed by atoms with Gasteiger partial charge in [0.25, 0.3) is 0 Å². The molecule has 0 radical (unpaired) electrons. The SMILES string of the molecule is CC(C)OC(=O)[C@@H]1CCCC([NH3+])C1. The highest BCUT2D eigenvalue weighted by atomic mass is 16.5. The topological polar surface area (TPSA) is 53.9 Å². The van der Waals surface area contributed by atoms with E-state index in [0.29, 0.717) is 6.04 Å². The van der Waals surface area contributed by atoms with Gasteiger partial charge in [-0.2, -0.15) is 0 Å². The molecular weight excluding hydrogens is 166 g/mol. The summed E-state index contributed by atoms with van der Waals surface area (Å²) in [5, 5.41) is 0. The summed E-state index contributed by atoms with van der Waals surface area (Å²) in [4.78, 5) is 11.5. The van der Waals surface area contributed by atoms with E-state index in [0.717, 1.165) is 25.7 Å². The van der Waals surface area contributed by atoms with E-state index in [1.165, 1.54) is 0 Å². The molecule has 1 unspecified atom stereocenters. The summed E-state index contributed by atoms with van der Waals surface area (Å²) in [6.45, 7) is 3.78. The van der Waals surface area contributed by atoms with E-state index in [1.807, 2.05) is 13.8 Å². The monoisotopic (exact) mass is 186 g/mol. The van der Waals surface area contributed by atoms with Crippen LogP contribution in [0.5, 0.6) is 0 Å². The molecule has 1 rings (SSSR count). The Morgan fingerprint density at radius 3 is 2.69 bits per heavy atom. The van der Waals surface area contributed by atoms with Crippen molar-refractivity contribution in [1.82, 2.24) is 0 Å². The van der Waals surface area contributed by atoms with Gasteiger partial charge in [0.2, 0.25) is 0 Å². The molecule has 2 atom stereocenters. The van der Waals surface area contributed by atoms with Crippen LogP contribution in [0, 0.1) is 5.92 Å². The van der Waals surface area contributed by atoms with Crippen LogP contribution in [-0.4, -0.2) is 18.1 Å². The average Bonchev–Trinajstić information content (AvgIpc) is 2.03. The predicted molar refractivity (Wildman–Crippen MR) is 49.9 cm³/mol. The van der Waals surface area contributed by atoms with Crippen molar-refractivity contribution in [3.05, 3.63) is 0 Å². The van der Waals surface area contributed by atoms with Crippen molar-refractivity contribution in [2.75, 3.05) is 0 Å². The van der Waals surface area contributed by atoms with Crippen LogP contribution >= 0.6 is 0 Å². The first-order valence-corrected chi connectivity index (χ1v) is 5.13. The maximum absolute atomic E-state index is 11.5. The molecule has 3 N–H and O–H groups in total. The predicted octanol–water partition coefficient (Wildman–Crippen LogP) is 0.739. The van der Waals surface area contributed by atoms with E-state index in [1.54, 1.807) is 0 Å². The molecule has 0 spiro atoms. The lowest BCUT2D eigenvalue weighted by Crippen LogP contribution is -2.62. The van der Waals surface area contributed by atoms with Crippen molar-refractivity contribution in [1.29, 1.82) is 0 Å². The zero-order valence-corrected chi connectivity index (χ0v) is 8.58. The van der Waals surface area contributed by atoms with Crippen LogP contribution in [0.2, 0.25) is 0 Å². The summed E-state index contributed by atoms with van der Waals surface area (Å²) in [5.41, 5.74) is 4.00. The molecule has 1 fully saturated rings. The van der Waals surface area contributed by atoms with Crippen molar-refractivity contribution in [2.45, 2.75) is 51.7 Å². The van der Waals surface area contributed by atoms with E-state index < -0.39 is 0 Å². The normalized spacial score (nSPS) is 28.9. The van der Waals surface area contributed by atoms with Crippen molar-refractivity contribution in [2.24, 2.45) is 5.92 Å². The highest BCUT2D eigenvalue weighted by molar-refractivity contribution is 5.72. The minimum Gasteiger partial charge on any atom is -0.463 e. The Morgan fingerprint density at radius 2 is 2.15 bits per heavy atom. The van der Waals surface area contributed by atoms with Crippen molar-refractivity contribution in [3.63, 3.8) is 0 Å². The quantitative estimate of drug-likeness (QED) is 0.647. The number of quaternary nitrogens is 1. The first-order valence-electron chi connectivity index (χ1n) is 5.13. The molecule has 76 valence electrons. The summed E-state index contributed by atoms with van der Waals surface area (Å²) in [5.74, 6) is 0.0852. The van der Waals surface area contributed by atoms with Crippen LogP contribution in [0.15, 0.2) is 0 Å². The maximum Gasteiger partial charge on any atom is 0.309 e. The highest BCUT2D eigenvalue weighted by Gasteiger charge is 2.28. The molecule has 13 heavy (non-hydrogen) atoms. The molecule has 1 saturated carbocycles. The Labute approximate surface area is 79.6 Å². The van der Waals surface area contributed by atoms with Gasteiger partial charge in [0, 0.05) is 6.42 Å². The minimum absolute atomic E-state index is 0.0118. The molecule has 0 amide bonds. The van der Waals surface area contributed by atoms with Gasteiger partial charge in [0.05, 0.1) is 18.1 Å². The first kappa shape index (κ1) is 10.5. The van der Waals surface area contributed by atoms with Gasteiger partial charge in [-0.3, -0.25) is 4.79 Å². The van der Waals surface area contributed by atoms with Crippen molar-refractivity contribution < 1.29 is 15.3 Å². The molecular formula is C10H20NO2+. The summed E-state index contributed by atoms with van der Waals surface area (Å²) in [7, 11) is 0. The smallest absolute Gasteiger partial charge is 0.309 e. The van der Waals surface area contributed by atoms with E-state index in [9.17, 15) is 4.79 Å². The molecule has 0 heterocycles. The number of hydrogen-bond donors (Lipinski definition) is 1. The molecule has 0 saturated heterocycles. The zero-order chi connectivity index (χ0) is 9.84. The van der Waals surface area contributed by atoms with Gasteiger partial charge in [-0.1, -0.05) is 0 Å². The van der Waals surface area contributed by atoms with Gasteiger partial charge in [-0.05, 0) is 33.1 Å². The Kier molecular flexibility index (Phi) is 3.72. The third kappa shape index (κ3) is 3.35. The molecule has 0 aromatic carbocycles. The zero-order valence-electron chi connectivity index (χ0n) is 8.58. The summed E-state index contributed by atoms with van der Waals surface area (Å²) >= 11 is 0. The fourth-order valence-corrected chi connectivity index (χ4v) is 1.83. The maximum atomic E-state index is 11.5. The van der Waals surface area contributed by atoms with Gasteiger partial charge in [-0.25, -0.2) is 0 Å². The summed E-state index contributed by atoms with van der Waals surface area (Å²) in [6, 6.07) is 0.443. The van der Waals surface area contributed by atoms with E-state index in [2.05, 4.69) is 5.73 Å². The van der Waals surface area contributed by atoms with Crippen LogP contribution in [-0.2, 0) is 9.53 Å². The molecule has 0 aliphatic heterocycles. The van der Waals surface area contributed by atoms with Crippen LogP contribution in [0.4, 0.5) is 0 Å². The molecule has 0 aromatic rings. The second-order valence-corrected chi connectivity index (χ2v) is 4.22. The molecule has 3 nitrogen and oxygen atoms in total. The van der Waals surface area contributed by atoms with Crippen LogP contribution in [0.25, 0.3) is 0 Å². The van der Waals surface area contributed by atoms with Gasteiger partial charge < -0.3 is 10.5 Å². The standard InChI is InChI=1S/C10H19NO2/c1-7(2)13-10(12)8-4-3-5-9(11)6-8/h7-9H,3-6,11H2,1-2H3/p+1/t8-,9?/m1/s1. The number of esters is 1. The number of ether oxygens (including phenoxy) is 1. The summed E-state index contributed by atoms with van der Waals surface area (Å²) in [6.07, 6.45) is 4.18. The van der Waals surface area contributed by atoms with Gasteiger partial charge in [-0.15, -0.1) is 0 Å². The fraction of sp³-hybridized carbons (Fsp3) is 0.900. The number of carbonyl (C=O) groups is 1. The second-order valence-electron chi connectivity index (χ2n) is 4.22. The molecule has 0 aromatic heterocycles. The van der Waals surface area contributed by atoms with Gasteiger partial charge in [0.1, 0.15) is 0 Å². The molecule has 1 aliphatic rings. The first-order chi connectivity index (χ1) is 6.09. The highest BCUT2D eigenvalue weighted by Crippen LogP contribution is 2.23. The number of rotatable bonds is 2. The fourth-order valence-electron chi connectivity index (χ4n) is 1.83. The lowest BCUT2D eigenvalue weighted by atomic mass is 9.86. The Morgan fingerprint density at radius 1 is 1.46 bits per heavy atom. The largest absolute Gasteiger partial charge is 0.463 e. The van der Waals surface area contributed by atoms with Gasteiger partial charge >= 0.3 is 5.97 Å². The van der Waals surface area contributed by atoms with Crippen LogP contribution in [0.1, 0.15) is 39.5 Å². The number of carbonyl (C=O) groups excluding carboxylic acids is 1. The second kappa shape index (κ2) is 4.61. The Bertz CT molecular complexity index is 180. The molecule has 0 bridgehead atoms. The molecule has 1 aliphatic carbocycles. The molecule has 3 heteroatoms. The Balaban J connectivity index is 2.37. The van der Waals surface area contributed by atoms with E-state index in [4.69, 9.17) is 4.74 Å². The van der Waals surface area contributed by atoms with Gasteiger partial charge in [0.15, 0.2) is 0 Å².